The van der Waals surface area contributed by atoms with E-state index in [0.717, 1.165) is 4.90 Å². The third-order valence-electron chi connectivity index (χ3n) is 3.69. The molecule has 9 heteroatoms. The second kappa shape index (κ2) is 6.96. The van der Waals surface area contributed by atoms with Gasteiger partial charge in [0.25, 0.3) is 11.8 Å². The van der Waals surface area contributed by atoms with Gasteiger partial charge < -0.3 is 5.32 Å². The summed E-state index contributed by atoms with van der Waals surface area (Å²) in [5, 5.41) is 11.8. The van der Waals surface area contributed by atoms with Crippen LogP contribution in [0.4, 0.5) is 5.69 Å². The first-order chi connectivity index (χ1) is 12.3. The molecule has 0 radical (unpaired) electrons. The van der Waals surface area contributed by atoms with Gasteiger partial charge in [-0.1, -0.05) is 34.8 Å². The zero-order valence-electron chi connectivity index (χ0n) is 12.8. The van der Waals surface area contributed by atoms with Crippen LogP contribution in [-0.4, -0.2) is 29.2 Å². The lowest BCUT2D eigenvalue weighted by Crippen LogP contribution is -2.37. The summed E-state index contributed by atoms with van der Waals surface area (Å²) in [6.07, 6.45) is 0. The van der Waals surface area contributed by atoms with E-state index in [1.54, 1.807) is 0 Å². The molecule has 0 saturated carbocycles. The standard InChI is InChI=1S/C17H8Cl3N3O3/c18-12-3-9(2-1-8(12)6-21)22-15(24)7-23-16(25)10-4-13(19)14(20)5-11(10)17(23)26/h1-5H,7H2,(H,22,24). The van der Waals surface area contributed by atoms with E-state index in [1.807, 2.05) is 6.07 Å². The van der Waals surface area contributed by atoms with Crippen LogP contribution in [-0.2, 0) is 4.79 Å². The maximum absolute atomic E-state index is 12.4. The topological polar surface area (TPSA) is 90.3 Å². The molecule has 1 heterocycles. The van der Waals surface area contributed by atoms with Crippen molar-refractivity contribution in [2.24, 2.45) is 0 Å². The molecule has 0 spiro atoms. The highest BCUT2D eigenvalue weighted by Crippen LogP contribution is 2.31. The van der Waals surface area contributed by atoms with Crippen LogP contribution >= 0.6 is 34.8 Å². The molecule has 3 amide bonds. The van der Waals surface area contributed by atoms with Crippen molar-refractivity contribution in [1.82, 2.24) is 4.90 Å². The molecule has 0 bridgehead atoms. The van der Waals surface area contributed by atoms with Gasteiger partial charge in [-0.2, -0.15) is 5.26 Å². The Morgan fingerprint density at radius 1 is 1.00 bits per heavy atom. The summed E-state index contributed by atoms with van der Waals surface area (Å²) in [7, 11) is 0. The van der Waals surface area contributed by atoms with Gasteiger partial charge in [-0.25, -0.2) is 0 Å². The normalized spacial score (nSPS) is 12.8. The van der Waals surface area contributed by atoms with Crippen LogP contribution in [0.3, 0.4) is 0 Å². The monoisotopic (exact) mass is 407 g/mol. The van der Waals surface area contributed by atoms with Gasteiger partial charge in [0.1, 0.15) is 12.6 Å². The molecule has 1 N–H and O–H groups in total. The van der Waals surface area contributed by atoms with Crippen LogP contribution in [0, 0.1) is 11.3 Å². The van der Waals surface area contributed by atoms with E-state index in [2.05, 4.69) is 5.32 Å². The molecule has 1 aliphatic heterocycles. The number of nitriles is 1. The van der Waals surface area contributed by atoms with E-state index in [0.29, 0.717) is 5.69 Å². The van der Waals surface area contributed by atoms with Gasteiger partial charge in [0.15, 0.2) is 0 Å². The average molecular weight is 409 g/mol. The number of carbonyl (C=O) groups is 3. The SMILES string of the molecule is N#Cc1ccc(NC(=O)CN2C(=O)c3cc(Cl)c(Cl)cc3C2=O)cc1Cl. The second-order valence-electron chi connectivity index (χ2n) is 5.36. The summed E-state index contributed by atoms with van der Waals surface area (Å²) in [4.78, 5) is 37.7. The number of anilines is 1. The lowest BCUT2D eigenvalue weighted by atomic mass is 10.1. The predicted octanol–water partition coefficient (Wildman–Crippen LogP) is 3.75. The number of benzene rings is 2. The summed E-state index contributed by atoms with van der Waals surface area (Å²) < 4.78 is 0. The van der Waals surface area contributed by atoms with E-state index in [-0.39, 0.29) is 31.8 Å². The van der Waals surface area contributed by atoms with Crippen LogP contribution in [0.15, 0.2) is 30.3 Å². The highest BCUT2D eigenvalue weighted by Gasteiger charge is 2.37. The van der Waals surface area contributed by atoms with Crippen molar-refractivity contribution in [2.75, 3.05) is 11.9 Å². The number of imide groups is 1. The summed E-state index contributed by atoms with van der Waals surface area (Å²) in [6.45, 7) is -0.487. The van der Waals surface area contributed by atoms with E-state index >= 15 is 0 Å². The number of fused-ring (bicyclic) bond motifs is 1. The van der Waals surface area contributed by atoms with Crippen LogP contribution in [0.5, 0.6) is 0 Å². The van der Waals surface area contributed by atoms with Crippen molar-refractivity contribution >= 4 is 58.2 Å². The summed E-state index contributed by atoms with van der Waals surface area (Å²) in [5.74, 6) is -1.86. The summed E-state index contributed by atoms with van der Waals surface area (Å²) in [5.41, 5.74) is 0.790. The zero-order chi connectivity index (χ0) is 19.0. The number of halogens is 3. The molecule has 3 rings (SSSR count). The summed E-state index contributed by atoms with van der Waals surface area (Å²) in [6, 6.07) is 8.85. The molecule has 2 aromatic rings. The fourth-order valence-corrected chi connectivity index (χ4v) is 3.01. The van der Waals surface area contributed by atoms with E-state index in [1.165, 1.54) is 30.3 Å². The van der Waals surface area contributed by atoms with Crippen LogP contribution in [0.2, 0.25) is 15.1 Å². The van der Waals surface area contributed by atoms with E-state index in [4.69, 9.17) is 40.1 Å². The molecular formula is C17H8Cl3N3O3. The van der Waals surface area contributed by atoms with Crippen LogP contribution in [0.25, 0.3) is 0 Å². The Morgan fingerprint density at radius 3 is 2.08 bits per heavy atom. The predicted molar refractivity (Wildman–Crippen MR) is 96.6 cm³/mol. The first kappa shape index (κ1) is 18.2. The number of nitrogens with one attached hydrogen (secondary N) is 1. The van der Waals surface area contributed by atoms with Crippen molar-refractivity contribution < 1.29 is 14.4 Å². The highest BCUT2D eigenvalue weighted by molar-refractivity contribution is 6.43. The largest absolute Gasteiger partial charge is 0.324 e. The third-order valence-corrected chi connectivity index (χ3v) is 4.72. The Bertz CT molecular complexity index is 973. The highest BCUT2D eigenvalue weighted by atomic mass is 35.5. The fourth-order valence-electron chi connectivity index (χ4n) is 2.46. The minimum atomic E-state index is -0.628. The van der Waals surface area contributed by atoms with Crippen LogP contribution in [0.1, 0.15) is 26.3 Å². The molecule has 0 aromatic heterocycles. The Hall–Kier alpha value is -2.59. The number of amides is 3. The molecule has 6 nitrogen and oxygen atoms in total. The molecule has 26 heavy (non-hydrogen) atoms. The molecule has 1 aliphatic rings. The minimum absolute atomic E-state index is 0.0959. The zero-order valence-corrected chi connectivity index (χ0v) is 15.1. The van der Waals surface area contributed by atoms with Gasteiger partial charge in [-0.05, 0) is 30.3 Å². The van der Waals surface area contributed by atoms with E-state index in [9.17, 15) is 14.4 Å². The molecular weight excluding hydrogens is 401 g/mol. The molecule has 0 fully saturated rings. The Morgan fingerprint density at radius 2 is 1.58 bits per heavy atom. The van der Waals surface area contributed by atoms with Crippen LogP contribution < -0.4 is 5.32 Å². The van der Waals surface area contributed by atoms with Gasteiger partial charge in [0.2, 0.25) is 5.91 Å². The Kier molecular flexibility index (Phi) is 4.88. The minimum Gasteiger partial charge on any atom is -0.324 e. The van der Waals surface area contributed by atoms with Crippen molar-refractivity contribution in [2.45, 2.75) is 0 Å². The van der Waals surface area contributed by atoms with Crippen molar-refractivity contribution in [3.8, 4) is 6.07 Å². The number of carbonyl (C=O) groups excluding carboxylic acids is 3. The number of rotatable bonds is 3. The fraction of sp³-hybridized carbons (Fsp3) is 0.0588. The molecule has 2 aromatic carbocycles. The maximum atomic E-state index is 12.4. The molecule has 0 saturated heterocycles. The third kappa shape index (κ3) is 3.25. The molecule has 130 valence electrons. The van der Waals surface area contributed by atoms with Gasteiger partial charge in [-0.3, -0.25) is 19.3 Å². The molecule has 0 unspecified atom stereocenters. The molecule has 0 atom stereocenters. The van der Waals surface area contributed by atoms with Crippen molar-refractivity contribution in [3.63, 3.8) is 0 Å². The molecule has 0 aliphatic carbocycles. The summed E-state index contributed by atoms with van der Waals surface area (Å²) >= 11 is 17.7. The Labute approximate surface area is 162 Å². The van der Waals surface area contributed by atoms with Crippen molar-refractivity contribution in [3.05, 3.63) is 62.1 Å². The van der Waals surface area contributed by atoms with Gasteiger partial charge in [0.05, 0.1) is 31.8 Å². The number of nitrogens with zero attached hydrogens (tertiary/aromatic N) is 2. The number of hydrogen-bond acceptors (Lipinski definition) is 4. The van der Waals surface area contributed by atoms with Gasteiger partial charge in [0, 0.05) is 5.69 Å². The van der Waals surface area contributed by atoms with E-state index < -0.39 is 24.3 Å². The van der Waals surface area contributed by atoms with Gasteiger partial charge in [-0.15, -0.1) is 0 Å². The maximum Gasteiger partial charge on any atom is 0.262 e. The quantitative estimate of drug-likeness (QED) is 0.783. The first-order valence-electron chi connectivity index (χ1n) is 7.16. The average Bonchev–Trinajstić information content (AvgIpc) is 2.80. The number of hydrogen-bond donors (Lipinski definition) is 1. The smallest absolute Gasteiger partial charge is 0.262 e. The Balaban J connectivity index is 1.76. The lowest BCUT2D eigenvalue weighted by molar-refractivity contribution is -0.116. The first-order valence-corrected chi connectivity index (χ1v) is 8.30. The van der Waals surface area contributed by atoms with Crippen molar-refractivity contribution in [1.29, 1.82) is 5.26 Å². The van der Waals surface area contributed by atoms with Gasteiger partial charge >= 0.3 is 0 Å². The second-order valence-corrected chi connectivity index (χ2v) is 6.58. The lowest BCUT2D eigenvalue weighted by Gasteiger charge is -2.13.